The molecular weight excluding hydrogens is 427 g/mol. The Kier molecular flexibility index (Phi) is 6.76. The Morgan fingerprint density at radius 3 is 2.77 bits per heavy atom. The van der Waals surface area contributed by atoms with E-state index in [-0.39, 0.29) is 17.9 Å². The zero-order valence-electron chi connectivity index (χ0n) is 16.4. The normalized spacial score (nSPS) is 14.9. The molecule has 0 N–H and O–H groups in total. The summed E-state index contributed by atoms with van der Waals surface area (Å²) < 4.78 is 19.3. The molecule has 3 aromatic rings. The van der Waals surface area contributed by atoms with E-state index in [0.717, 1.165) is 37.4 Å². The molecule has 9 heteroatoms. The van der Waals surface area contributed by atoms with Gasteiger partial charge in [0, 0.05) is 43.2 Å². The minimum atomic E-state index is -0.433. The zero-order chi connectivity index (χ0) is 20.9. The van der Waals surface area contributed by atoms with E-state index in [0.29, 0.717) is 29.8 Å². The molecule has 3 heterocycles. The van der Waals surface area contributed by atoms with Crippen molar-refractivity contribution in [3.8, 4) is 10.7 Å². The van der Waals surface area contributed by atoms with Gasteiger partial charge in [-0.1, -0.05) is 28.9 Å². The largest absolute Gasteiger partial charge is 0.340 e. The highest BCUT2D eigenvalue weighted by Crippen LogP contribution is 2.22. The number of aryl methyl sites for hydroxylation is 1. The quantitative estimate of drug-likeness (QED) is 0.548. The highest BCUT2D eigenvalue weighted by atomic mass is 35.5. The van der Waals surface area contributed by atoms with Crippen LogP contribution in [0.3, 0.4) is 0 Å². The van der Waals surface area contributed by atoms with Gasteiger partial charge in [-0.15, -0.1) is 11.3 Å². The molecule has 0 radical (unpaired) electrons. The fourth-order valence-corrected chi connectivity index (χ4v) is 4.38. The van der Waals surface area contributed by atoms with Gasteiger partial charge in [-0.2, -0.15) is 4.98 Å². The molecule has 1 aromatic carbocycles. The van der Waals surface area contributed by atoms with E-state index in [9.17, 15) is 9.18 Å². The molecule has 30 heavy (non-hydrogen) atoms. The summed E-state index contributed by atoms with van der Waals surface area (Å²) in [5, 5.41) is 6.31. The number of carbonyl (C=O) groups excluding carboxylic acids is 1. The van der Waals surface area contributed by atoms with Gasteiger partial charge in [0.15, 0.2) is 0 Å². The number of hydrogen-bond donors (Lipinski definition) is 0. The molecule has 1 aliphatic heterocycles. The van der Waals surface area contributed by atoms with Crippen LogP contribution in [0.1, 0.15) is 17.9 Å². The molecule has 1 amide bonds. The summed E-state index contributed by atoms with van der Waals surface area (Å²) in [7, 11) is 0. The van der Waals surface area contributed by atoms with E-state index in [1.54, 1.807) is 28.4 Å². The van der Waals surface area contributed by atoms with Crippen molar-refractivity contribution in [2.45, 2.75) is 19.3 Å². The molecule has 0 spiro atoms. The van der Waals surface area contributed by atoms with Gasteiger partial charge in [0.05, 0.1) is 11.3 Å². The van der Waals surface area contributed by atoms with Crippen LogP contribution >= 0.6 is 22.9 Å². The van der Waals surface area contributed by atoms with E-state index in [1.807, 2.05) is 17.5 Å². The number of carbonyl (C=O) groups is 1. The van der Waals surface area contributed by atoms with Gasteiger partial charge in [-0.3, -0.25) is 9.69 Å². The van der Waals surface area contributed by atoms with Gasteiger partial charge < -0.3 is 9.42 Å². The molecule has 0 unspecified atom stereocenters. The maximum Gasteiger partial charge on any atom is 0.227 e. The van der Waals surface area contributed by atoms with Crippen LogP contribution in [0.2, 0.25) is 5.02 Å². The summed E-state index contributed by atoms with van der Waals surface area (Å²) in [6.07, 6.45) is 1.63. The van der Waals surface area contributed by atoms with Crippen molar-refractivity contribution >= 4 is 28.8 Å². The maximum atomic E-state index is 13.9. The molecule has 1 saturated heterocycles. The topological polar surface area (TPSA) is 62.5 Å². The third-order valence-corrected chi connectivity index (χ3v) is 6.41. The molecule has 0 saturated carbocycles. The number of rotatable bonds is 7. The number of thiophene rings is 1. The van der Waals surface area contributed by atoms with Crippen molar-refractivity contribution in [1.82, 2.24) is 19.9 Å². The van der Waals surface area contributed by atoms with Crippen molar-refractivity contribution in [3.63, 3.8) is 0 Å². The summed E-state index contributed by atoms with van der Waals surface area (Å²) in [4.78, 5) is 22.1. The fourth-order valence-electron chi connectivity index (χ4n) is 3.50. The van der Waals surface area contributed by atoms with Gasteiger partial charge in [0.2, 0.25) is 17.6 Å². The van der Waals surface area contributed by atoms with Gasteiger partial charge in [-0.25, -0.2) is 4.39 Å². The summed E-state index contributed by atoms with van der Waals surface area (Å²) in [6, 6.07) is 8.42. The molecule has 1 aliphatic rings. The lowest BCUT2D eigenvalue weighted by Gasteiger charge is -2.34. The van der Waals surface area contributed by atoms with Crippen molar-refractivity contribution in [1.29, 1.82) is 0 Å². The van der Waals surface area contributed by atoms with Crippen LogP contribution in [0.15, 0.2) is 40.2 Å². The minimum Gasteiger partial charge on any atom is -0.340 e. The second kappa shape index (κ2) is 9.68. The van der Waals surface area contributed by atoms with E-state index in [2.05, 4.69) is 15.0 Å². The lowest BCUT2D eigenvalue weighted by molar-refractivity contribution is -0.132. The van der Waals surface area contributed by atoms with E-state index >= 15 is 0 Å². The average Bonchev–Trinajstić information content (AvgIpc) is 3.43. The molecule has 0 aliphatic carbocycles. The van der Waals surface area contributed by atoms with E-state index < -0.39 is 5.82 Å². The molecule has 2 aromatic heterocycles. The predicted molar refractivity (Wildman–Crippen MR) is 114 cm³/mol. The first-order chi connectivity index (χ1) is 14.6. The first kappa shape index (κ1) is 21.0. The second-order valence-corrected chi connectivity index (χ2v) is 8.55. The Hall–Kier alpha value is -2.29. The molecular formula is C21H22ClFN4O2S. The van der Waals surface area contributed by atoms with Gasteiger partial charge >= 0.3 is 0 Å². The number of piperazine rings is 1. The van der Waals surface area contributed by atoms with Gasteiger partial charge in [0.1, 0.15) is 5.82 Å². The van der Waals surface area contributed by atoms with Gasteiger partial charge in [-0.05, 0) is 36.5 Å². The number of halogens is 2. The Labute approximate surface area is 183 Å². The van der Waals surface area contributed by atoms with Crippen LogP contribution in [0.4, 0.5) is 4.39 Å². The summed E-state index contributed by atoms with van der Waals surface area (Å²) in [5.74, 6) is 0.766. The summed E-state index contributed by atoms with van der Waals surface area (Å²) >= 11 is 7.62. The standard InChI is InChI=1S/C21H22ClFN4O2S/c22-16-4-1-5-17(23)15(16)14-20(28)27-11-9-26(10-12-27)8-2-7-19-24-21(25-29-19)18-6-3-13-30-18/h1,3-6,13H,2,7-12,14H2. The first-order valence-electron chi connectivity index (χ1n) is 9.89. The Morgan fingerprint density at radius 2 is 2.03 bits per heavy atom. The number of hydrogen-bond acceptors (Lipinski definition) is 6. The van der Waals surface area contributed by atoms with Crippen LogP contribution in [0.25, 0.3) is 10.7 Å². The van der Waals surface area contributed by atoms with Crippen LogP contribution in [-0.2, 0) is 17.6 Å². The Bertz CT molecular complexity index is 967. The summed E-state index contributed by atoms with van der Waals surface area (Å²) in [6.45, 7) is 3.75. The lowest BCUT2D eigenvalue weighted by Crippen LogP contribution is -2.49. The maximum absolute atomic E-state index is 13.9. The number of aromatic nitrogens is 2. The Balaban J connectivity index is 1.20. The summed E-state index contributed by atoms with van der Waals surface area (Å²) in [5.41, 5.74) is 0.271. The van der Waals surface area contributed by atoms with Crippen molar-refractivity contribution in [2.75, 3.05) is 32.7 Å². The monoisotopic (exact) mass is 448 g/mol. The molecule has 1 fully saturated rings. The van der Waals surface area contributed by atoms with Gasteiger partial charge in [0.25, 0.3) is 0 Å². The molecule has 0 atom stereocenters. The molecule has 158 valence electrons. The highest BCUT2D eigenvalue weighted by Gasteiger charge is 2.23. The number of nitrogens with zero attached hydrogens (tertiary/aromatic N) is 4. The molecule has 0 bridgehead atoms. The first-order valence-corrected chi connectivity index (χ1v) is 11.2. The Morgan fingerprint density at radius 1 is 1.20 bits per heavy atom. The number of benzene rings is 1. The van der Waals surface area contributed by atoms with Crippen molar-refractivity contribution < 1.29 is 13.7 Å². The number of amides is 1. The third kappa shape index (κ3) is 5.06. The highest BCUT2D eigenvalue weighted by molar-refractivity contribution is 7.13. The lowest BCUT2D eigenvalue weighted by atomic mass is 10.1. The van der Waals surface area contributed by atoms with Crippen LogP contribution < -0.4 is 0 Å². The SMILES string of the molecule is O=C(Cc1c(F)cccc1Cl)N1CCN(CCCc2nc(-c3cccs3)no2)CC1. The second-order valence-electron chi connectivity index (χ2n) is 7.19. The van der Waals surface area contributed by atoms with Crippen LogP contribution in [-0.4, -0.2) is 58.6 Å². The molecule has 4 rings (SSSR count). The minimum absolute atomic E-state index is 0.00472. The average molecular weight is 449 g/mol. The zero-order valence-corrected chi connectivity index (χ0v) is 18.0. The smallest absolute Gasteiger partial charge is 0.227 e. The third-order valence-electron chi connectivity index (χ3n) is 5.19. The fraction of sp³-hybridized carbons (Fsp3) is 0.381. The predicted octanol–water partition coefficient (Wildman–Crippen LogP) is 3.91. The van der Waals surface area contributed by atoms with Crippen molar-refractivity contribution in [3.05, 3.63) is 58.0 Å². The van der Waals surface area contributed by atoms with Crippen LogP contribution in [0.5, 0.6) is 0 Å². The van der Waals surface area contributed by atoms with Crippen LogP contribution in [0, 0.1) is 5.82 Å². The molecule has 6 nitrogen and oxygen atoms in total. The van der Waals surface area contributed by atoms with E-state index in [1.165, 1.54) is 6.07 Å². The van der Waals surface area contributed by atoms with E-state index in [4.69, 9.17) is 16.1 Å². The van der Waals surface area contributed by atoms with Crippen molar-refractivity contribution in [2.24, 2.45) is 0 Å².